The minimum absolute atomic E-state index is 0.184. The molecule has 0 atom stereocenters. The van der Waals surface area contributed by atoms with E-state index in [2.05, 4.69) is 19.2 Å². The second kappa shape index (κ2) is 6.49. The molecule has 0 radical (unpaired) electrons. The third-order valence-electron chi connectivity index (χ3n) is 2.40. The molecule has 94 valence electrons. The van der Waals surface area contributed by atoms with Gasteiger partial charge in [0.15, 0.2) is 0 Å². The molecule has 1 aromatic carbocycles. The number of hydrogen-bond donors (Lipinski definition) is 1. The van der Waals surface area contributed by atoms with E-state index >= 15 is 0 Å². The third kappa shape index (κ3) is 3.93. The van der Waals surface area contributed by atoms with Crippen molar-refractivity contribution < 1.29 is 4.92 Å². The fourth-order valence-corrected chi connectivity index (χ4v) is 2.74. The molecule has 1 rings (SSSR count). The fraction of sp³-hybridized carbons (Fsp3) is 0.500. The molecule has 0 aliphatic carbocycles. The number of nitrogens with one attached hydrogen (secondary N) is 1. The van der Waals surface area contributed by atoms with Crippen LogP contribution in [0.4, 0.5) is 11.4 Å². The summed E-state index contributed by atoms with van der Waals surface area (Å²) >= 11 is 1.55. The second-order valence-electron chi connectivity index (χ2n) is 4.19. The van der Waals surface area contributed by atoms with E-state index in [9.17, 15) is 10.1 Å². The Balaban J connectivity index is 2.87. The molecule has 0 saturated heterocycles. The van der Waals surface area contributed by atoms with Gasteiger partial charge < -0.3 is 5.32 Å². The summed E-state index contributed by atoms with van der Waals surface area (Å²) in [7, 11) is 1.70. The fourth-order valence-electron chi connectivity index (χ4n) is 1.43. The minimum atomic E-state index is -0.316. The van der Waals surface area contributed by atoms with E-state index in [0.717, 1.165) is 17.1 Å². The van der Waals surface area contributed by atoms with Gasteiger partial charge in [0.25, 0.3) is 0 Å². The molecule has 0 fully saturated rings. The summed E-state index contributed by atoms with van der Waals surface area (Å²) in [6.07, 6.45) is 1.06. The largest absolute Gasteiger partial charge is 0.383 e. The number of rotatable bonds is 6. The van der Waals surface area contributed by atoms with Crippen molar-refractivity contribution in [1.82, 2.24) is 0 Å². The quantitative estimate of drug-likeness (QED) is 0.477. The van der Waals surface area contributed by atoms with Crippen molar-refractivity contribution in [2.75, 3.05) is 18.1 Å². The van der Waals surface area contributed by atoms with Crippen LogP contribution in [0.25, 0.3) is 0 Å². The molecule has 1 aromatic rings. The number of nitro benzene ring substituents is 1. The molecule has 0 amide bonds. The van der Waals surface area contributed by atoms with Crippen molar-refractivity contribution in [3.63, 3.8) is 0 Å². The number of nitro groups is 1. The van der Waals surface area contributed by atoms with E-state index < -0.39 is 0 Å². The maximum absolute atomic E-state index is 11.1. The van der Waals surface area contributed by atoms with Crippen LogP contribution < -0.4 is 5.32 Å². The van der Waals surface area contributed by atoms with Crippen LogP contribution in [0.3, 0.4) is 0 Å². The Morgan fingerprint density at radius 3 is 2.71 bits per heavy atom. The van der Waals surface area contributed by atoms with E-state index in [1.54, 1.807) is 24.9 Å². The van der Waals surface area contributed by atoms with Crippen LogP contribution in [-0.4, -0.2) is 17.7 Å². The molecule has 0 spiro atoms. The van der Waals surface area contributed by atoms with Gasteiger partial charge in [-0.25, -0.2) is 0 Å². The number of hydrogen-bond acceptors (Lipinski definition) is 4. The van der Waals surface area contributed by atoms with Gasteiger partial charge in [0.1, 0.15) is 5.69 Å². The molecule has 4 nitrogen and oxygen atoms in total. The number of thioether (sulfide) groups is 1. The average molecular weight is 254 g/mol. The number of benzene rings is 1. The van der Waals surface area contributed by atoms with Crippen LogP contribution in [-0.2, 0) is 0 Å². The van der Waals surface area contributed by atoms with Crippen LogP contribution in [0.5, 0.6) is 0 Å². The molecule has 0 unspecified atom stereocenters. The predicted molar refractivity (Wildman–Crippen MR) is 72.8 cm³/mol. The Labute approximate surface area is 106 Å². The number of para-hydroxylation sites is 1. The highest BCUT2D eigenvalue weighted by atomic mass is 32.2. The highest BCUT2D eigenvalue weighted by Crippen LogP contribution is 2.35. The number of nitrogens with zero attached hydrogens (tertiary/aromatic N) is 1. The summed E-state index contributed by atoms with van der Waals surface area (Å²) in [5.74, 6) is 1.53. The maximum Gasteiger partial charge on any atom is 0.305 e. The van der Waals surface area contributed by atoms with Gasteiger partial charge in [-0.15, -0.1) is 11.8 Å². The lowest BCUT2D eigenvalue weighted by Crippen LogP contribution is -1.98. The van der Waals surface area contributed by atoms with Gasteiger partial charge in [-0.05, 0) is 30.2 Å². The molecular formula is C12H18N2O2S. The van der Waals surface area contributed by atoms with Crippen LogP contribution >= 0.6 is 11.8 Å². The third-order valence-corrected chi connectivity index (χ3v) is 3.48. The van der Waals surface area contributed by atoms with Crippen molar-refractivity contribution >= 4 is 23.1 Å². The maximum atomic E-state index is 11.1. The number of anilines is 1. The van der Waals surface area contributed by atoms with Gasteiger partial charge in [0, 0.05) is 7.05 Å². The monoisotopic (exact) mass is 254 g/mol. The van der Waals surface area contributed by atoms with Gasteiger partial charge in [0.2, 0.25) is 0 Å². The second-order valence-corrected chi connectivity index (χ2v) is 5.33. The molecule has 17 heavy (non-hydrogen) atoms. The first-order chi connectivity index (χ1) is 8.06. The summed E-state index contributed by atoms with van der Waals surface area (Å²) in [6, 6.07) is 5.38. The van der Waals surface area contributed by atoms with E-state index in [0.29, 0.717) is 11.6 Å². The standard InChI is InChI=1S/C12H18N2O2S/c1-9(2)7-8-17-11-6-4-5-10(13-3)12(11)14(15)16/h4-6,9,13H,7-8H2,1-3H3. The molecule has 0 saturated carbocycles. The zero-order valence-corrected chi connectivity index (χ0v) is 11.2. The van der Waals surface area contributed by atoms with Gasteiger partial charge in [-0.1, -0.05) is 19.9 Å². The highest BCUT2D eigenvalue weighted by Gasteiger charge is 2.18. The van der Waals surface area contributed by atoms with Gasteiger partial charge in [-0.3, -0.25) is 10.1 Å². The average Bonchev–Trinajstić information content (AvgIpc) is 2.27. The first kappa shape index (κ1) is 13.8. The van der Waals surface area contributed by atoms with E-state index in [1.165, 1.54) is 0 Å². The van der Waals surface area contributed by atoms with Crippen molar-refractivity contribution in [3.8, 4) is 0 Å². The lowest BCUT2D eigenvalue weighted by Gasteiger charge is -2.08. The molecule has 1 N–H and O–H groups in total. The Bertz CT molecular complexity index is 394. The van der Waals surface area contributed by atoms with E-state index in [-0.39, 0.29) is 10.6 Å². The van der Waals surface area contributed by atoms with Gasteiger partial charge >= 0.3 is 5.69 Å². The Kier molecular flexibility index (Phi) is 5.28. The topological polar surface area (TPSA) is 55.2 Å². The van der Waals surface area contributed by atoms with Crippen LogP contribution in [0.15, 0.2) is 23.1 Å². The molecule has 5 heteroatoms. The first-order valence-electron chi connectivity index (χ1n) is 5.64. The zero-order valence-electron chi connectivity index (χ0n) is 10.4. The SMILES string of the molecule is CNc1cccc(SCCC(C)C)c1[N+](=O)[O-]. The van der Waals surface area contributed by atoms with Crippen LogP contribution in [0.2, 0.25) is 0 Å². The Hall–Kier alpha value is -1.23. The molecule has 0 aliphatic heterocycles. The molecule has 0 heterocycles. The Morgan fingerprint density at radius 1 is 1.47 bits per heavy atom. The van der Waals surface area contributed by atoms with Gasteiger partial charge in [0.05, 0.1) is 9.82 Å². The lowest BCUT2D eigenvalue weighted by atomic mass is 10.2. The van der Waals surface area contributed by atoms with Crippen molar-refractivity contribution in [2.45, 2.75) is 25.2 Å². The van der Waals surface area contributed by atoms with E-state index in [4.69, 9.17) is 0 Å². The zero-order chi connectivity index (χ0) is 12.8. The highest BCUT2D eigenvalue weighted by molar-refractivity contribution is 7.99. The first-order valence-corrected chi connectivity index (χ1v) is 6.62. The molecular weight excluding hydrogens is 236 g/mol. The normalized spacial score (nSPS) is 10.6. The lowest BCUT2D eigenvalue weighted by molar-refractivity contribution is -0.386. The minimum Gasteiger partial charge on any atom is -0.383 e. The molecule has 0 aromatic heterocycles. The molecule has 0 aliphatic rings. The summed E-state index contributed by atoms with van der Waals surface area (Å²) in [5.41, 5.74) is 0.758. The summed E-state index contributed by atoms with van der Waals surface area (Å²) in [4.78, 5) is 11.5. The molecule has 0 bridgehead atoms. The van der Waals surface area contributed by atoms with Crippen LogP contribution in [0, 0.1) is 16.0 Å². The predicted octanol–water partition coefficient (Wildman–Crippen LogP) is 3.77. The summed E-state index contributed by atoms with van der Waals surface area (Å²) in [5, 5.41) is 13.9. The summed E-state index contributed by atoms with van der Waals surface area (Å²) < 4.78 is 0. The van der Waals surface area contributed by atoms with Crippen molar-refractivity contribution in [3.05, 3.63) is 28.3 Å². The van der Waals surface area contributed by atoms with Crippen molar-refractivity contribution in [2.24, 2.45) is 5.92 Å². The van der Waals surface area contributed by atoms with Crippen LogP contribution in [0.1, 0.15) is 20.3 Å². The summed E-state index contributed by atoms with van der Waals surface area (Å²) in [6.45, 7) is 4.30. The van der Waals surface area contributed by atoms with E-state index in [1.807, 2.05) is 12.1 Å². The smallest absolute Gasteiger partial charge is 0.305 e. The van der Waals surface area contributed by atoms with Crippen molar-refractivity contribution in [1.29, 1.82) is 0 Å². The van der Waals surface area contributed by atoms with Gasteiger partial charge in [-0.2, -0.15) is 0 Å². The Morgan fingerprint density at radius 2 is 2.18 bits per heavy atom.